The molecule has 4 nitrogen and oxygen atoms in total. The van der Waals surface area contributed by atoms with Gasteiger partial charge in [-0.05, 0) is 40.2 Å². The van der Waals surface area contributed by atoms with Gasteiger partial charge >= 0.3 is 0 Å². The predicted octanol–water partition coefficient (Wildman–Crippen LogP) is 3.00. The molecule has 7 heteroatoms. The first-order valence-electron chi connectivity index (χ1n) is 5.62. The summed E-state index contributed by atoms with van der Waals surface area (Å²) >= 11 is 2.96. The zero-order chi connectivity index (χ0) is 14.9. The Morgan fingerprint density at radius 1 is 1.20 bits per heavy atom. The second-order valence-electron chi connectivity index (χ2n) is 4.11. The summed E-state index contributed by atoms with van der Waals surface area (Å²) in [7, 11) is -2.43. The summed E-state index contributed by atoms with van der Waals surface area (Å²) in [5.41, 5.74) is 5.99. The molecule has 0 aromatic heterocycles. The summed E-state index contributed by atoms with van der Waals surface area (Å²) in [4.78, 5) is -0.142. The van der Waals surface area contributed by atoms with E-state index in [1.165, 1.54) is 13.1 Å². The third kappa shape index (κ3) is 2.64. The predicted molar refractivity (Wildman–Crippen MR) is 80.5 cm³/mol. The minimum Gasteiger partial charge on any atom is -0.398 e. The van der Waals surface area contributed by atoms with Gasteiger partial charge in [0.25, 0.3) is 10.0 Å². The number of benzene rings is 2. The Morgan fingerprint density at radius 3 is 2.40 bits per heavy atom. The SMILES string of the molecule is CN(c1ccccc1)S(=O)(=O)c1cc(Br)c(F)cc1N. The van der Waals surface area contributed by atoms with Crippen molar-refractivity contribution in [1.82, 2.24) is 0 Å². The molecule has 2 aromatic rings. The van der Waals surface area contributed by atoms with Crippen LogP contribution in [-0.2, 0) is 10.0 Å². The van der Waals surface area contributed by atoms with Gasteiger partial charge in [0.2, 0.25) is 0 Å². The molecule has 0 bridgehead atoms. The Bertz CT molecular complexity index is 736. The van der Waals surface area contributed by atoms with Gasteiger partial charge in [0.1, 0.15) is 10.7 Å². The highest BCUT2D eigenvalue weighted by molar-refractivity contribution is 9.10. The summed E-state index contributed by atoms with van der Waals surface area (Å²) in [5.74, 6) is -0.608. The molecular formula is C13H12BrFN2O2S. The minimum absolute atomic E-state index is 0.0479. The largest absolute Gasteiger partial charge is 0.398 e. The molecule has 2 aromatic carbocycles. The van der Waals surface area contributed by atoms with Crippen LogP contribution in [0.2, 0.25) is 0 Å². The van der Waals surface area contributed by atoms with E-state index in [-0.39, 0.29) is 15.1 Å². The van der Waals surface area contributed by atoms with E-state index in [0.29, 0.717) is 5.69 Å². The van der Waals surface area contributed by atoms with Crippen molar-refractivity contribution < 1.29 is 12.8 Å². The highest BCUT2D eigenvalue weighted by Crippen LogP contribution is 2.30. The Balaban J connectivity index is 2.54. The molecule has 0 spiro atoms. The molecule has 0 heterocycles. The number of nitrogen functional groups attached to an aromatic ring is 1. The van der Waals surface area contributed by atoms with Gasteiger partial charge in [0, 0.05) is 7.05 Å². The Kier molecular flexibility index (Phi) is 4.01. The van der Waals surface area contributed by atoms with Crippen molar-refractivity contribution in [2.45, 2.75) is 4.90 Å². The number of halogens is 2. The number of hydrogen-bond acceptors (Lipinski definition) is 3. The van der Waals surface area contributed by atoms with Crippen molar-refractivity contribution in [1.29, 1.82) is 0 Å². The molecule has 0 unspecified atom stereocenters. The van der Waals surface area contributed by atoms with Crippen LogP contribution in [0.5, 0.6) is 0 Å². The number of nitrogens with two attached hydrogens (primary N) is 1. The fraction of sp³-hybridized carbons (Fsp3) is 0.0769. The molecule has 0 amide bonds. The number of nitrogens with zero attached hydrogens (tertiary/aromatic N) is 1. The van der Waals surface area contributed by atoms with Crippen molar-refractivity contribution >= 4 is 37.3 Å². The fourth-order valence-electron chi connectivity index (χ4n) is 1.69. The van der Waals surface area contributed by atoms with E-state index >= 15 is 0 Å². The molecule has 0 saturated heterocycles. The number of anilines is 2. The smallest absolute Gasteiger partial charge is 0.266 e. The highest BCUT2D eigenvalue weighted by Gasteiger charge is 2.25. The van der Waals surface area contributed by atoms with Gasteiger partial charge in [-0.15, -0.1) is 0 Å². The topological polar surface area (TPSA) is 63.4 Å². The van der Waals surface area contributed by atoms with E-state index in [4.69, 9.17) is 5.73 Å². The van der Waals surface area contributed by atoms with Gasteiger partial charge in [0.05, 0.1) is 15.8 Å². The van der Waals surface area contributed by atoms with E-state index in [0.717, 1.165) is 10.4 Å². The number of rotatable bonds is 3. The van der Waals surface area contributed by atoms with Gasteiger partial charge < -0.3 is 5.73 Å². The Hall–Kier alpha value is -1.60. The summed E-state index contributed by atoms with van der Waals surface area (Å²) in [5, 5.41) is 0. The van der Waals surface area contributed by atoms with Crippen LogP contribution in [0.3, 0.4) is 0 Å². The van der Waals surface area contributed by atoms with E-state index in [2.05, 4.69) is 15.9 Å². The zero-order valence-electron chi connectivity index (χ0n) is 10.5. The zero-order valence-corrected chi connectivity index (χ0v) is 12.9. The van der Waals surface area contributed by atoms with Crippen molar-refractivity contribution in [3.05, 3.63) is 52.8 Å². The van der Waals surface area contributed by atoms with E-state index in [1.54, 1.807) is 30.3 Å². The van der Waals surface area contributed by atoms with Crippen molar-refractivity contribution in [3.8, 4) is 0 Å². The maximum absolute atomic E-state index is 13.3. The monoisotopic (exact) mass is 358 g/mol. The van der Waals surface area contributed by atoms with Crippen molar-refractivity contribution in [3.63, 3.8) is 0 Å². The quantitative estimate of drug-likeness (QED) is 0.857. The Morgan fingerprint density at radius 2 is 1.80 bits per heavy atom. The molecule has 0 fully saturated rings. The van der Waals surface area contributed by atoms with Crippen LogP contribution in [0.1, 0.15) is 0 Å². The van der Waals surface area contributed by atoms with Gasteiger partial charge in [-0.2, -0.15) is 0 Å². The van der Waals surface area contributed by atoms with Crippen LogP contribution in [0.25, 0.3) is 0 Å². The first-order chi connectivity index (χ1) is 9.34. The van der Waals surface area contributed by atoms with E-state index < -0.39 is 15.8 Å². The fourth-order valence-corrected chi connectivity index (χ4v) is 3.50. The average Bonchev–Trinajstić information content (AvgIpc) is 2.42. The Labute approximate surface area is 125 Å². The maximum atomic E-state index is 13.3. The van der Waals surface area contributed by atoms with Crippen LogP contribution in [0.15, 0.2) is 51.8 Å². The summed E-state index contributed by atoms with van der Waals surface area (Å²) in [6, 6.07) is 10.7. The second-order valence-corrected chi connectivity index (χ2v) is 6.90. The summed E-state index contributed by atoms with van der Waals surface area (Å²) in [6.45, 7) is 0. The second kappa shape index (κ2) is 5.41. The number of hydrogen-bond donors (Lipinski definition) is 1. The first-order valence-corrected chi connectivity index (χ1v) is 7.86. The minimum atomic E-state index is -3.85. The molecule has 106 valence electrons. The lowest BCUT2D eigenvalue weighted by Gasteiger charge is -2.20. The van der Waals surface area contributed by atoms with E-state index in [1.807, 2.05) is 0 Å². The molecule has 20 heavy (non-hydrogen) atoms. The third-order valence-corrected chi connectivity index (χ3v) is 5.26. The van der Waals surface area contributed by atoms with Crippen LogP contribution in [0.4, 0.5) is 15.8 Å². The normalized spacial score (nSPS) is 11.3. The van der Waals surface area contributed by atoms with Crippen LogP contribution in [0, 0.1) is 5.82 Å². The van der Waals surface area contributed by atoms with Crippen LogP contribution < -0.4 is 10.0 Å². The lowest BCUT2D eigenvalue weighted by molar-refractivity contribution is 0.593. The average molecular weight is 359 g/mol. The third-order valence-electron chi connectivity index (χ3n) is 2.81. The molecule has 0 aliphatic heterocycles. The highest BCUT2D eigenvalue weighted by atomic mass is 79.9. The maximum Gasteiger partial charge on any atom is 0.266 e. The van der Waals surface area contributed by atoms with Crippen molar-refractivity contribution in [2.24, 2.45) is 0 Å². The van der Waals surface area contributed by atoms with Crippen molar-refractivity contribution in [2.75, 3.05) is 17.1 Å². The summed E-state index contributed by atoms with van der Waals surface area (Å²) < 4.78 is 39.5. The van der Waals surface area contributed by atoms with E-state index in [9.17, 15) is 12.8 Å². The van der Waals surface area contributed by atoms with Crippen LogP contribution in [-0.4, -0.2) is 15.5 Å². The molecule has 0 saturated carbocycles. The standard InChI is InChI=1S/C13H12BrFN2O2S/c1-17(9-5-3-2-4-6-9)20(18,19)13-7-10(14)11(15)8-12(13)16/h2-8H,16H2,1H3. The van der Waals surface area contributed by atoms with Gasteiger partial charge in [-0.1, -0.05) is 18.2 Å². The number of sulfonamides is 1. The van der Waals surface area contributed by atoms with Gasteiger partial charge in [0.15, 0.2) is 0 Å². The number of para-hydroxylation sites is 1. The lowest BCUT2D eigenvalue weighted by Crippen LogP contribution is -2.27. The van der Waals surface area contributed by atoms with Gasteiger partial charge in [-0.3, -0.25) is 4.31 Å². The molecule has 0 aliphatic rings. The molecule has 0 atom stereocenters. The summed E-state index contributed by atoms with van der Waals surface area (Å²) in [6.07, 6.45) is 0. The van der Waals surface area contributed by atoms with Gasteiger partial charge in [-0.25, -0.2) is 12.8 Å². The molecule has 2 N–H and O–H groups in total. The first kappa shape index (κ1) is 14.8. The lowest BCUT2D eigenvalue weighted by atomic mass is 10.3. The molecule has 0 aliphatic carbocycles. The molecule has 2 rings (SSSR count). The molecular weight excluding hydrogens is 347 g/mol. The van der Waals surface area contributed by atoms with Crippen LogP contribution >= 0.6 is 15.9 Å². The molecule has 0 radical (unpaired) electrons.